The van der Waals surface area contributed by atoms with Crippen LogP contribution in [0.5, 0.6) is 0 Å². The van der Waals surface area contributed by atoms with Crippen molar-refractivity contribution in [2.24, 2.45) is 5.73 Å². The van der Waals surface area contributed by atoms with Crippen molar-refractivity contribution in [3.05, 3.63) is 29.3 Å². The zero-order valence-electron chi connectivity index (χ0n) is 10.7. The summed E-state index contributed by atoms with van der Waals surface area (Å²) in [5.41, 5.74) is 9.01. The zero-order valence-corrected chi connectivity index (χ0v) is 11.5. The van der Waals surface area contributed by atoms with Crippen LogP contribution >= 0.6 is 12.2 Å². The molecule has 0 aliphatic carbocycles. The number of para-hydroxylation sites is 1. The van der Waals surface area contributed by atoms with Gasteiger partial charge in [-0.2, -0.15) is 0 Å². The van der Waals surface area contributed by atoms with Gasteiger partial charge < -0.3 is 15.7 Å². The first-order valence-electron chi connectivity index (χ1n) is 6.42. The van der Waals surface area contributed by atoms with Gasteiger partial charge in [-0.25, -0.2) is 0 Å². The second kappa shape index (κ2) is 5.67. The zero-order chi connectivity index (χ0) is 13.1. The first kappa shape index (κ1) is 13.3. The van der Waals surface area contributed by atoms with Crippen molar-refractivity contribution in [2.45, 2.75) is 32.2 Å². The number of rotatable bonds is 3. The molecule has 1 aromatic rings. The molecule has 1 unspecified atom stereocenters. The molecule has 18 heavy (non-hydrogen) atoms. The van der Waals surface area contributed by atoms with Gasteiger partial charge in [-0.3, -0.25) is 0 Å². The molecule has 0 aromatic heterocycles. The maximum absolute atomic E-state index is 9.54. The lowest BCUT2D eigenvalue weighted by Crippen LogP contribution is -2.43. The first-order valence-corrected chi connectivity index (χ1v) is 6.83. The Kier molecular flexibility index (Phi) is 4.19. The van der Waals surface area contributed by atoms with Gasteiger partial charge >= 0.3 is 0 Å². The summed E-state index contributed by atoms with van der Waals surface area (Å²) < 4.78 is 0. The van der Waals surface area contributed by atoms with E-state index >= 15 is 0 Å². The number of hydrogen-bond donors (Lipinski definition) is 2. The molecule has 98 valence electrons. The number of benzene rings is 1. The highest BCUT2D eigenvalue weighted by Gasteiger charge is 2.25. The summed E-state index contributed by atoms with van der Waals surface area (Å²) in [6, 6.07) is 6.20. The van der Waals surface area contributed by atoms with Crippen molar-refractivity contribution < 1.29 is 5.11 Å². The highest BCUT2D eigenvalue weighted by Crippen LogP contribution is 2.31. The van der Waals surface area contributed by atoms with Crippen molar-refractivity contribution in [1.82, 2.24) is 0 Å². The molecule has 4 heteroatoms. The number of hydrogen-bond acceptors (Lipinski definition) is 3. The second-order valence-electron chi connectivity index (χ2n) is 4.86. The Morgan fingerprint density at radius 3 is 2.94 bits per heavy atom. The van der Waals surface area contributed by atoms with E-state index in [-0.39, 0.29) is 12.6 Å². The molecule has 3 N–H and O–H groups in total. The highest BCUT2D eigenvalue weighted by molar-refractivity contribution is 7.80. The fourth-order valence-corrected chi connectivity index (χ4v) is 2.89. The average molecular weight is 264 g/mol. The first-order chi connectivity index (χ1) is 8.65. The Bertz CT molecular complexity index is 447. The smallest absolute Gasteiger partial charge is 0.106 e. The molecular weight excluding hydrogens is 244 g/mol. The van der Waals surface area contributed by atoms with Crippen LogP contribution in [0.2, 0.25) is 0 Å². The summed E-state index contributed by atoms with van der Waals surface area (Å²) >= 11 is 5.14. The van der Waals surface area contributed by atoms with Crippen LogP contribution in [0.3, 0.4) is 0 Å². The topological polar surface area (TPSA) is 49.5 Å². The number of aryl methyl sites for hydroxylation is 1. The summed E-state index contributed by atoms with van der Waals surface area (Å²) in [5.74, 6) is 0. The van der Waals surface area contributed by atoms with E-state index in [1.165, 1.54) is 12.0 Å². The van der Waals surface area contributed by atoms with E-state index in [0.717, 1.165) is 30.6 Å². The van der Waals surface area contributed by atoms with E-state index in [1.54, 1.807) is 0 Å². The fraction of sp³-hybridized carbons (Fsp3) is 0.500. The van der Waals surface area contributed by atoms with Crippen molar-refractivity contribution >= 4 is 22.9 Å². The van der Waals surface area contributed by atoms with Gasteiger partial charge in [0.2, 0.25) is 0 Å². The van der Waals surface area contributed by atoms with Gasteiger partial charge in [-0.05, 0) is 37.8 Å². The SMILES string of the molecule is Cc1cccc(C(N)=S)c1N1CCCCC1CO. The quantitative estimate of drug-likeness (QED) is 0.820. The van der Waals surface area contributed by atoms with Crippen LogP contribution in [-0.4, -0.2) is 29.3 Å². The number of anilines is 1. The van der Waals surface area contributed by atoms with Crippen LogP contribution < -0.4 is 10.6 Å². The molecule has 1 saturated heterocycles. The number of nitrogens with two attached hydrogens (primary N) is 1. The van der Waals surface area contributed by atoms with Gasteiger partial charge in [0.05, 0.1) is 18.3 Å². The second-order valence-corrected chi connectivity index (χ2v) is 5.30. The lowest BCUT2D eigenvalue weighted by molar-refractivity contribution is 0.240. The van der Waals surface area contributed by atoms with Gasteiger partial charge in [0, 0.05) is 12.1 Å². The summed E-state index contributed by atoms with van der Waals surface area (Å²) in [4.78, 5) is 2.70. The molecule has 1 aliphatic rings. The lowest BCUT2D eigenvalue weighted by atomic mass is 9.98. The van der Waals surface area contributed by atoms with E-state index in [4.69, 9.17) is 18.0 Å². The van der Waals surface area contributed by atoms with Crippen LogP contribution in [0.1, 0.15) is 30.4 Å². The molecular formula is C14H20N2OS. The predicted molar refractivity (Wildman–Crippen MR) is 79.1 cm³/mol. The minimum absolute atomic E-state index is 0.186. The third kappa shape index (κ3) is 2.49. The summed E-state index contributed by atoms with van der Waals surface area (Å²) in [7, 11) is 0. The molecule has 0 spiro atoms. The van der Waals surface area contributed by atoms with Crippen LogP contribution in [0, 0.1) is 6.92 Å². The Morgan fingerprint density at radius 2 is 2.28 bits per heavy atom. The molecule has 1 heterocycles. The predicted octanol–water partition coefficient (Wildman–Crippen LogP) is 1.98. The van der Waals surface area contributed by atoms with Crippen molar-refractivity contribution in [1.29, 1.82) is 0 Å². The van der Waals surface area contributed by atoms with Crippen molar-refractivity contribution in [3.63, 3.8) is 0 Å². The molecule has 1 atom stereocenters. The maximum atomic E-state index is 9.54. The number of nitrogens with zero attached hydrogens (tertiary/aromatic N) is 1. The van der Waals surface area contributed by atoms with Gasteiger partial charge in [0.1, 0.15) is 4.99 Å². The molecule has 2 rings (SSSR count). The van der Waals surface area contributed by atoms with Crippen LogP contribution in [0.15, 0.2) is 18.2 Å². The Balaban J connectivity index is 2.44. The van der Waals surface area contributed by atoms with Crippen molar-refractivity contribution in [3.8, 4) is 0 Å². The van der Waals surface area contributed by atoms with Crippen molar-refractivity contribution in [2.75, 3.05) is 18.1 Å². The van der Waals surface area contributed by atoms with Crippen LogP contribution in [0.4, 0.5) is 5.69 Å². The van der Waals surface area contributed by atoms with Gasteiger partial charge in [-0.1, -0.05) is 24.4 Å². The summed E-state index contributed by atoms with van der Waals surface area (Å²) in [6.45, 7) is 3.22. The Hall–Kier alpha value is -1.13. The van der Waals surface area contributed by atoms with Gasteiger partial charge in [0.15, 0.2) is 0 Å². The Labute approximate surface area is 114 Å². The Morgan fingerprint density at radius 1 is 1.50 bits per heavy atom. The van der Waals surface area contributed by atoms with E-state index in [9.17, 15) is 5.11 Å². The minimum atomic E-state index is 0.186. The van der Waals surface area contributed by atoms with E-state index in [1.807, 2.05) is 12.1 Å². The van der Waals surface area contributed by atoms with E-state index in [0.29, 0.717) is 4.99 Å². The third-order valence-electron chi connectivity index (χ3n) is 3.63. The fourth-order valence-electron chi connectivity index (χ4n) is 2.72. The normalized spacial score (nSPS) is 19.9. The maximum Gasteiger partial charge on any atom is 0.106 e. The molecule has 0 bridgehead atoms. The van der Waals surface area contributed by atoms with E-state index < -0.39 is 0 Å². The molecule has 1 aromatic carbocycles. The minimum Gasteiger partial charge on any atom is -0.394 e. The molecule has 0 radical (unpaired) electrons. The van der Waals surface area contributed by atoms with Gasteiger partial charge in [0.25, 0.3) is 0 Å². The largest absolute Gasteiger partial charge is 0.394 e. The molecule has 1 fully saturated rings. The highest BCUT2D eigenvalue weighted by atomic mass is 32.1. The number of aliphatic hydroxyl groups is 1. The monoisotopic (exact) mass is 264 g/mol. The number of thiocarbonyl (C=S) groups is 1. The lowest BCUT2D eigenvalue weighted by Gasteiger charge is -2.38. The molecule has 1 aliphatic heterocycles. The summed E-state index contributed by atoms with van der Waals surface area (Å²) in [6.07, 6.45) is 3.36. The molecule has 0 amide bonds. The molecule has 3 nitrogen and oxygen atoms in total. The van der Waals surface area contributed by atoms with Crippen LogP contribution in [-0.2, 0) is 0 Å². The standard InChI is InChI=1S/C14H20N2OS/c1-10-5-4-7-12(14(15)18)13(10)16-8-3-2-6-11(16)9-17/h4-5,7,11,17H,2-3,6,8-9H2,1H3,(H2,15,18). The van der Waals surface area contributed by atoms with Gasteiger partial charge in [-0.15, -0.1) is 0 Å². The van der Waals surface area contributed by atoms with Crippen LogP contribution in [0.25, 0.3) is 0 Å². The number of aliphatic hydroxyl groups excluding tert-OH is 1. The third-order valence-corrected chi connectivity index (χ3v) is 3.85. The average Bonchev–Trinajstić information content (AvgIpc) is 2.38. The number of piperidine rings is 1. The summed E-state index contributed by atoms with van der Waals surface area (Å²) in [5, 5.41) is 9.54. The van der Waals surface area contributed by atoms with E-state index in [2.05, 4.69) is 17.9 Å². The molecule has 0 saturated carbocycles.